The highest BCUT2D eigenvalue weighted by Gasteiger charge is 2.20. The van der Waals surface area contributed by atoms with Crippen LogP contribution in [0.3, 0.4) is 0 Å². The van der Waals surface area contributed by atoms with Gasteiger partial charge in [-0.2, -0.15) is 0 Å². The second kappa shape index (κ2) is 7.36. The van der Waals surface area contributed by atoms with Gasteiger partial charge in [-0.3, -0.25) is 10.1 Å². The summed E-state index contributed by atoms with van der Waals surface area (Å²) < 4.78 is 5.39. The number of nitro benzene ring substituents is 1. The number of nitro groups is 1. The van der Waals surface area contributed by atoms with Crippen molar-refractivity contribution in [3.8, 4) is 0 Å². The molecule has 5 heteroatoms. The first-order valence-electron chi connectivity index (χ1n) is 6.92. The zero-order valence-corrected chi connectivity index (χ0v) is 12.7. The van der Waals surface area contributed by atoms with Crippen LogP contribution >= 0.6 is 0 Å². The highest BCUT2D eigenvalue weighted by molar-refractivity contribution is 5.35. The van der Waals surface area contributed by atoms with Gasteiger partial charge in [-0.05, 0) is 25.8 Å². The molecule has 0 aliphatic heterocycles. The molecule has 1 aromatic carbocycles. The zero-order valence-electron chi connectivity index (χ0n) is 12.7. The standard InChI is InChI=1S/C15H24N2O3/c1-5-7-14(16-11-15(2,3)20-4)12-8-6-9-13(10-12)17(18)19/h6,8-10,14,16H,5,7,11H2,1-4H3. The van der Waals surface area contributed by atoms with Crippen molar-refractivity contribution in [3.63, 3.8) is 0 Å². The fourth-order valence-electron chi connectivity index (χ4n) is 1.97. The molecule has 0 spiro atoms. The van der Waals surface area contributed by atoms with Crippen LogP contribution in [0.1, 0.15) is 45.2 Å². The Morgan fingerprint density at radius 3 is 2.70 bits per heavy atom. The van der Waals surface area contributed by atoms with Gasteiger partial charge in [0.05, 0.1) is 10.5 Å². The lowest BCUT2D eigenvalue weighted by Gasteiger charge is -2.27. The van der Waals surface area contributed by atoms with E-state index in [-0.39, 0.29) is 22.3 Å². The molecule has 0 aliphatic rings. The third kappa shape index (κ3) is 4.90. The number of rotatable bonds is 8. The monoisotopic (exact) mass is 280 g/mol. The first kappa shape index (κ1) is 16.6. The van der Waals surface area contributed by atoms with E-state index in [1.165, 1.54) is 6.07 Å². The number of hydrogen-bond acceptors (Lipinski definition) is 4. The minimum Gasteiger partial charge on any atom is -0.377 e. The van der Waals surface area contributed by atoms with Crippen molar-refractivity contribution in [2.75, 3.05) is 13.7 Å². The van der Waals surface area contributed by atoms with E-state index in [9.17, 15) is 10.1 Å². The van der Waals surface area contributed by atoms with Crippen molar-refractivity contribution in [3.05, 3.63) is 39.9 Å². The van der Waals surface area contributed by atoms with E-state index in [4.69, 9.17) is 4.74 Å². The average Bonchev–Trinajstić information content (AvgIpc) is 2.43. The zero-order chi connectivity index (χ0) is 15.2. The van der Waals surface area contributed by atoms with Crippen LogP contribution in [0.25, 0.3) is 0 Å². The molecule has 1 aromatic rings. The van der Waals surface area contributed by atoms with Gasteiger partial charge >= 0.3 is 0 Å². The number of non-ortho nitro benzene ring substituents is 1. The van der Waals surface area contributed by atoms with Crippen LogP contribution in [0.4, 0.5) is 5.69 Å². The van der Waals surface area contributed by atoms with E-state index in [1.807, 2.05) is 19.9 Å². The third-order valence-corrected chi connectivity index (χ3v) is 3.39. The van der Waals surface area contributed by atoms with Crippen molar-refractivity contribution in [2.24, 2.45) is 0 Å². The minimum atomic E-state index is -0.356. The van der Waals surface area contributed by atoms with Gasteiger partial charge in [0.2, 0.25) is 0 Å². The average molecular weight is 280 g/mol. The summed E-state index contributed by atoms with van der Waals surface area (Å²) >= 11 is 0. The fourth-order valence-corrected chi connectivity index (χ4v) is 1.97. The molecule has 1 unspecified atom stereocenters. The second-order valence-corrected chi connectivity index (χ2v) is 5.54. The summed E-state index contributed by atoms with van der Waals surface area (Å²) in [5, 5.41) is 14.3. The lowest BCUT2D eigenvalue weighted by atomic mass is 10.0. The highest BCUT2D eigenvalue weighted by Crippen LogP contribution is 2.23. The van der Waals surface area contributed by atoms with Crippen molar-refractivity contribution >= 4 is 5.69 Å². The molecule has 0 saturated carbocycles. The van der Waals surface area contributed by atoms with Gasteiger partial charge < -0.3 is 10.1 Å². The van der Waals surface area contributed by atoms with Gasteiger partial charge in [0, 0.05) is 31.8 Å². The van der Waals surface area contributed by atoms with E-state index in [0.29, 0.717) is 6.54 Å². The Bertz CT molecular complexity index is 446. The van der Waals surface area contributed by atoms with Crippen LogP contribution in [0.15, 0.2) is 24.3 Å². The van der Waals surface area contributed by atoms with Crippen molar-refractivity contribution < 1.29 is 9.66 Å². The number of hydrogen-bond donors (Lipinski definition) is 1. The van der Waals surface area contributed by atoms with E-state index >= 15 is 0 Å². The molecule has 0 saturated heterocycles. The van der Waals surface area contributed by atoms with Crippen LogP contribution in [0.5, 0.6) is 0 Å². The lowest BCUT2D eigenvalue weighted by Crippen LogP contribution is -2.38. The van der Waals surface area contributed by atoms with E-state index < -0.39 is 0 Å². The first-order valence-corrected chi connectivity index (χ1v) is 6.92. The molecule has 1 atom stereocenters. The van der Waals surface area contributed by atoms with E-state index in [2.05, 4.69) is 12.2 Å². The summed E-state index contributed by atoms with van der Waals surface area (Å²) in [7, 11) is 1.68. The van der Waals surface area contributed by atoms with Gasteiger partial charge in [0.25, 0.3) is 5.69 Å². The Morgan fingerprint density at radius 1 is 1.45 bits per heavy atom. The second-order valence-electron chi connectivity index (χ2n) is 5.54. The highest BCUT2D eigenvalue weighted by atomic mass is 16.6. The maximum atomic E-state index is 10.9. The first-order chi connectivity index (χ1) is 9.39. The van der Waals surface area contributed by atoms with Gasteiger partial charge in [0.1, 0.15) is 0 Å². The van der Waals surface area contributed by atoms with Gasteiger partial charge in [-0.1, -0.05) is 25.5 Å². The van der Waals surface area contributed by atoms with Crippen LogP contribution < -0.4 is 5.32 Å². The molecule has 1 N–H and O–H groups in total. The predicted octanol–water partition coefficient (Wildman–Crippen LogP) is 3.45. The Labute approximate surface area is 120 Å². The molecule has 0 aromatic heterocycles. The molecule has 112 valence electrons. The molecule has 0 radical (unpaired) electrons. The molecular weight excluding hydrogens is 256 g/mol. The normalized spacial score (nSPS) is 13.2. The summed E-state index contributed by atoms with van der Waals surface area (Å²) in [4.78, 5) is 10.5. The fraction of sp³-hybridized carbons (Fsp3) is 0.600. The minimum absolute atomic E-state index is 0.106. The van der Waals surface area contributed by atoms with Crippen LogP contribution in [-0.2, 0) is 4.74 Å². The number of benzene rings is 1. The largest absolute Gasteiger partial charge is 0.377 e. The van der Waals surface area contributed by atoms with Gasteiger partial charge in [-0.25, -0.2) is 0 Å². The van der Waals surface area contributed by atoms with Crippen LogP contribution in [0.2, 0.25) is 0 Å². The van der Waals surface area contributed by atoms with Crippen LogP contribution in [0, 0.1) is 10.1 Å². The molecule has 0 fully saturated rings. The SMILES string of the molecule is CCCC(NCC(C)(C)OC)c1cccc([N+](=O)[O-])c1. The van der Waals surface area contributed by atoms with Gasteiger partial charge in [0.15, 0.2) is 0 Å². The number of ether oxygens (including phenoxy) is 1. The lowest BCUT2D eigenvalue weighted by molar-refractivity contribution is -0.384. The molecule has 0 amide bonds. The van der Waals surface area contributed by atoms with E-state index in [1.54, 1.807) is 19.2 Å². The van der Waals surface area contributed by atoms with Crippen LogP contribution in [-0.4, -0.2) is 24.2 Å². The summed E-state index contributed by atoms with van der Waals surface area (Å²) in [6.45, 7) is 6.82. The quantitative estimate of drug-likeness (QED) is 0.585. The van der Waals surface area contributed by atoms with Gasteiger partial charge in [-0.15, -0.1) is 0 Å². The maximum absolute atomic E-state index is 10.9. The van der Waals surface area contributed by atoms with E-state index in [0.717, 1.165) is 18.4 Å². The molecule has 1 rings (SSSR count). The van der Waals surface area contributed by atoms with Crippen molar-refractivity contribution in [2.45, 2.75) is 45.3 Å². The summed E-state index contributed by atoms with van der Waals surface area (Å²) in [6.07, 6.45) is 1.94. The maximum Gasteiger partial charge on any atom is 0.269 e. The summed E-state index contributed by atoms with van der Waals surface area (Å²) in [5.74, 6) is 0. The molecular formula is C15H24N2O3. The number of nitrogens with zero attached hydrogens (tertiary/aromatic N) is 1. The van der Waals surface area contributed by atoms with Crippen molar-refractivity contribution in [1.29, 1.82) is 0 Å². The third-order valence-electron chi connectivity index (χ3n) is 3.39. The topological polar surface area (TPSA) is 64.4 Å². The molecule has 0 aliphatic carbocycles. The Balaban J connectivity index is 2.85. The Kier molecular flexibility index (Phi) is 6.10. The molecule has 5 nitrogen and oxygen atoms in total. The van der Waals surface area contributed by atoms with Crippen molar-refractivity contribution in [1.82, 2.24) is 5.32 Å². The summed E-state index contributed by atoms with van der Waals surface area (Å²) in [6, 6.07) is 6.94. The summed E-state index contributed by atoms with van der Waals surface area (Å²) in [5.41, 5.74) is 0.830. The smallest absolute Gasteiger partial charge is 0.269 e. The number of nitrogens with one attached hydrogen (secondary N) is 1. The molecule has 20 heavy (non-hydrogen) atoms. The predicted molar refractivity (Wildman–Crippen MR) is 79.8 cm³/mol. The Hall–Kier alpha value is -1.46. The molecule has 0 heterocycles. The Morgan fingerprint density at radius 2 is 2.15 bits per heavy atom. The number of methoxy groups -OCH3 is 1. The molecule has 0 bridgehead atoms.